The number of carbonyl (C=O) groups is 2. The first kappa shape index (κ1) is 15.0. The summed E-state index contributed by atoms with van der Waals surface area (Å²) >= 11 is 0. The monoisotopic (exact) mass is 255 g/mol. The summed E-state index contributed by atoms with van der Waals surface area (Å²) in [6.45, 7) is 2.06. The van der Waals surface area contributed by atoms with Crippen molar-refractivity contribution in [1.82, 2.24) is 5.32 Å². The summed E-state index contributed by atoms with van der Waals surface area (Å²) in [4.78, 5) is 23.4. The molecule has 0 aromatic rings. The minimum atomic E-state index is -0.469. The molecule has 4 heteroatoms. The predicted molar refractivity (Wildman–Crippen MR) is 70.0 cm³/mol. The van der Waals surface area contributed by atoms with Crippen molar-refractivity contribution in [2.24, 2.45) is 5.92 Å². The maximum absolute atomic E-state index is 11.9. The molecule has 0 aliphatic heterocycles. The molecule has 1 atom stereocenters. The molecule has 104 valence electrons. The lowest BCUT2D eigenvalue weighted by Crippen LogP contribution is -2.41. The number of esters is 1. The number of nitrogens with one attached hydrogen (secondary N) is 1. The minimum Gasteiger partial charge on any atom is -0.467 e. The number of hydrogen-bond donors (Lipinski definition) is 1. The quantitative estimate of drug-likeness (QED) is 0.711. The Morgan fingerprint density at radius 3 is 2.56 bits per heavy atom. The lowest BCUT2D eigenvalue weighted by Gasteiger charge is -2.17. The van der Waals surface area contributed by atoms with E-state index in [4.69, 9.17) is 4.74 Å². The first-order valence-electron chi connectivity index (χ1n) is 7.04. The van der Waals surface area contributed by atoms with Crippen LogP contribution in [0.2, 0.25) is 0 Å². The average Bonchev–Trinajstić information content (AvgIpc) is 2.86. The van der Waals surface area contributed by atoms with Gasteiger partial charge in [-0.25, -0.2) is 4.79 Å². The van der Waals surface area contributed by atoms with E-state index in [-0.39, 0.29) is 11.9 Å². The third-order valence-corrected chi connectivity index (χ3v) is 3.62. The number of amides is 1. The van der Waals surface area contributed by atoms with Gasteiger partial charge >= 0.3 is 5.97 Å². The summed E-state index contributed by atoms with van der Waals surface area (Å²) in [5.41, 5.74) is 0. The fourth-order valence-electron chi connectivity index (χ4n) is 2.53. The van der Waals surface area contributed by atoms with Gasteiger partial charge in [0.05, 0.1) is 7.11 Å². The predicted octanol–water partition coefficient (Wildman–Crippen LogP) is 2.41. The van der Waals surface area contributed by atoms with E-state index in [9.17, 15) is 9.59 Å². The lowest BCUT2D eigenvalue weighted by molar-refractivity contribution is -0.145. The van der Waals surface area contributed by atoms with Gasteiger partial charge in [0, 0.05) is 6.42 Å². The summed E-state index contributed by atoms with van der Waals surface area (Å²) in [6, 6.07) is -0.469. The maximum atomic E-state index is 11.9. The van der Waals surface area contributed by atoms with Gasteiger partial charge in [-0.1, -0.05) is 32.6 Å². The van der Waals surface area contributed by atoms with Crippen molar-refractivity contribution < 1.29 is 14.3 Å². The van der Waals surface area contributed by atoms with Crippen molar-refractivity contribution in [3.8, 4) is 0 Å². The fourth-order valence-corrected chi connectivity index (χ4v) is 2.53. The molecule has 1 aliphatic rings. The summed E-state index contributed by atoms with van der Waals surface area (Å²) in [5, 5.41) is 2.82. The standard InChI is InChI=1S/C14H25NO3/c1-3-4-9-12(14(17)18-2)15-13(16)10-11-7-5-6-8-11/h11-12H,3-10H2,1-2H3,(H,15,16)/t12-/m0/s1. The molecule has 0 heterocycles. The van der Waals surface area contributed by atoms with Crippen LogP contribution < -0.4 is 5.32 Å². The summed E-state index contributed by atoms with van der Waals surface area (Å²) in [5.74, 6) is 0.172. The van der Waals surface area contributed by atoms with Crippen molar-refractivity contribution >= 4 is 11.9 Å². The van der Waals surface area contributed by atoms with Crippen molar-refractivity contribution in [3.63, 3.8) is 0 Å². The topological polar surface area (TPSA) is 55.4 Å². The van der Waals surface area contributed by atoms with Crippen molar-refractivity contribution in [1.29, 1.82) is 0 Å². The Kier molecular flexibility index (Phi) is 6.76. The number of unbranched alkanes of at least 4 members (excludes halogenated alkanes) is 1. The molecule has 1 fully saturated rings. The normalized spacial score (nSPS) is 17.4. The maximum Gasteiger partial charge on any atom is 0.328 e. The largest absolute Gasteiger partial charge is 0.467 e. The number of methoxy groups -OCH3 is 1. The van der Waals surface area contributed by atoms with E-state index in [0.717, 1.165) is 25.7 Å². The van der Waals surface area contributed by atoms with E-state index < -0.39 is 6.04 Å². The highest BCUT2D eigenvalue weighted by molar-refractivity contribution is 5.84. The second-order valence-corrected chi connectivity index (χ2v) is 5.14. The Morgan fingerprint density at radius 1 is 1.33 bits per heavy atom. The van der Waals surface area contributed by atoms with E-state index in [1.807, 2.05) is 0 Å². The van der Waals surface area contributed by atoms with Gasteiger partial charge in [0.25, 0.3) is 0 Å². The Hall–Kier alpha value is -1.06. The van der Waals surface area contributed by atoms with Gasteiger partial charge in [-0.15, -0.1) is 0 Å². The van der Waals surface area contributed by atoms with Gasteiger partial charge in [0.2, 0.25) is 5.91 Å². The van der Waals surface area contributed by atoms with Gasteiger partial charge < -0.3 is 10.1 Å². The molecular weight excluding hydrogens is 230 g/mol. The average molecular weight is 255 g/mol. The van der Waals surface area contributed by atoms with E-state index in [2.05, 4.69) is 12.2 Å². The van der Waals surface area contributed by atoms with Crippen LogP contribution in [-0.2, 0) is 14.3 Å². The molecule has 1 rings (SSSR count). The van der Waals surface area contributed by atoms with E-state index >= 15 is 0 Å². The van der Waals surface area contributed by atoms with Crippen molar-refractivity contribution in [2.75, 3.05) is 7.11 Å². The third-order valence-electron chi connectivity index (χ3n) is 3.62. The SMILES string of the molecule is CCCC[C@H](NC(=O)CC1CCCC1)C(=O)OC. The Labute approximate surface area is 109 Å². The highest BCUT2D eigenvalue weighted by Gasteiger charge is 2.23. The first-order valence-corrected chi connectivity index (χ1v) is 7.04. The van der Waals surface area contributed by atoms with Crippen LogP contribution in [0.15, 0.2) is 0 Å². The Morgan fingerprint density at radius 2 is 2.00 bits per heavy atom. The third kappa shape index (κ3) is 5.07. The highest BCUT2D eigenvalue weighted by atomic mass is 16.5. The molecule has 0 bridgehead atoms. The molecular formula is C14H25NO3. The van der Waals surface area contributed by atoms with Crippen LogP contribution in [0, 0.1) is 5.92 Å². The first-order chi connectivity index (χ1) is 8.67. The lowest BCUT2D eigenvalue weighted by atomic mass is 10.0. The van der Waals surface area contributed by atoms with E-state index in [1.165, 1.54) is 20.0 Å². The summed E-state index contributed by atoms with van der Waals surface area (Å²) < 4.78 is 4.73. The number of rotatable bonds is 7. The molecule has 0 saturated heterocycles. The van der Waals surface area contributed by atoms with Crippen LogP contribution in [0.4, 0.5) is 0 Å². The number of ether oxygens (including phenoxy) is 1. The molecule has 1 N–H and O–H groups in total. The van der Waals surface area contributed by atoms with E-state index in [0.29, 0.717) is 18.8 Å². The molecule has 4 nitrogen and oxygen atoms in total. The molecule has 18 heavy (non-hydrogen) atoms. The number of carbonyl (C=O) groups excluding carboxylic acids is 2. The van der Waals surface area contributed by atoms with Crippen LogP contribution in [0.1, 0.15) is 58.3 Å². The molecule has 0 spiro atoms. The fraction of sp³-hybridized carbons (Fsp3) is 0.857. The molecule has 1 aliphatic carbocycles. The Balaban J connectivity index is 2.37. The molecule has 0 aromatic heterocycles. The van der Waals surface area contributed by atoms with E-state index in [1.54, 1.807) is 0 Å². The zero-order valence-electron chi connectivity index (χ0n) is 11.5. The van der Waals surface area contributed by atoms with Gasteiger partial charge in [0.15, 0.2) is 0 Å². The van der Waals surface area contributed by atoms with Gasteiger partial charge in [-0.05, 0) is 25.2 Å². The molecule has 0 unspecified atom stereocenters. The van der Waals surface area contributed by atoms with Gasteiger partial charge in [-0.3, -0.25) is 4.79 Å². The summed E-state index contributed by atoms with van der Waals surface area (Å²) in [7, 11) is 1.37. The second-order valence-electron chi connectivity index (χ2n) is 5.14. The highest BCUT2D eigenvalue weighted by Crippen LogP contribution is 2.27. The van der Waals surface area contributed by atoms with Crippen LogP contribution in [-0.4, -0.2) is 25.0 Å². The smallest absolute Gasteiger partial charge is 0.328 e. The van der Waals surface area contributed by atoms with Crippen LogP contribution in [0.25, 0.3) is 0 Å². The van der Waals surface area contributed by atoms with Gasteiger partial charge in [-0.2, -0.15) is 0 Å². The zero-order valence-corrected chi connectivity index (χ0v) is 11.5. The summed E-state index contributed by atoms with van der Waals surface area (Å²) in [6.07, 6.45) is 7.90. The molecule has 1 amide bonds. The number of hydrogen-bond acceptors (Lipinski definition) is 3. The zero-order chi connectivity index (χ0) is 13.4. The van der Waals surface area contributed by atoms with Crippen LogP contribution >= 0.6 is 0 Å². The molecule has 1 saturated carbocycles. The van der Waals surface area contributed by atoms with Crippen molar-refractivity contribution in [2.45, 2.75) is 64.3 Å². The van der Waals surface area contributed by atoms with Crippen molar-refractivity contribution in [3.05, 3.63) is 0 Å². The molecule has 0 radical (unpaired) electrons. The second kappa shape index (κ2) is 8.11. The van der Waals surface area contributed by atoms with Gasteiger partial charge in [0.1, 0.15) is 6.04 Å². The molecule has 0 aromatic carbocycles. The Bertz CT molecular complexity index is 272. The van der Waals surface area contributed by atoms with Crippen LogP contribution in [0.3, 0.4) is 0 Å². The van der Waals surface area contributed by atoms with Crippen LogP contribution in [0.5, 0.6) is 0 Å². The minimum absolute atomic E-state index is 0.00611.